The number of carbonyl (C=O) groups excluding carboxylic acids is 1. The lowest BCUT2D eigenvalue weighted by Crippen LogP contribution is -2.37. The standard InChI is InChI=1S/C17H23N3O4S/c1-10(2)11(3)18-15(21)9-25-17-20-19-16(24-17)12-6-13(22-4)8-14(7-12)23-5/h6-8,10-11H,9H2,1-5H3,(H,18,21)/t11-/m1/s1. The van der Waals surface area contributed by atoms with Crippen LogP contribution in [0.25, 0.3) is 11.5 Å². The van der Waals surface area contributed by atoms with E-state index in [9.17, 15) is 4.79 Å². The van der Waals surface area contributed by atoms with Gasteiger partial charge in [0.2, 0.25) is 11.8 Å². The fourth-order valence-electron chi connectivity index (χ4n) is 1.91. The zero-order valence-electron chi connectivity index (χ0n) is 15.0. The number of methoxy groups -OCH3 is 2. The minimum Gasteiger partial charge on any atom is -0.497 e. The normalized spacial score (nSPS) is 12.1. The molecule has 0 unspecified atom stereocenters. The fraction of sp³-hybridized carbons (Fsp3) is 0.471. The largest absolute Gasteiger partial charge is 0.497 e. The van der Waals surface area contributed by atoms with Crippen molar-refractivity contribution >= 4 is 17.7 Å². The maximum atomic E-state index is 11.9. The number of hydrogen-bond donors (Lipinski definition) is 1. The summed E-state index contributed by atoms with van der Waals surface area (Å²) in [6, 6.07) is 5.44. The molecule has 1 atom stereocenters. The molecule has 136 valence electrons. The molecule has 25 heavy (non-hydrogen) atoms. The third-order valence-electron chi connectivity index (χ3n) is 3.72. The van der Waals surface area contributed by atoms with E-state index in [2.05, 4.69) is 29.4 Å². The Balaban J connectivity index is 2.02. The lowest BCUT2D eigenvalue weighted by molar-refractivity contribution is -0.119. The highest BCUT2D eigenvalue weighted by Gasteiger charge is 2.15. The Labute approximate surface area is 151 Å². The summed E-state index contributed by atoms with van der Waals surface area (Å²) < 4.78 is 16.1. The Morgan fingerprint density at radius 2 is 1.80 bits per heavy atom. The molecule has 0 bridgehead atoms. The summed E-state index contributed by atoms with van der Waals surface area (Å²) in [6.45, 7) is 6.10. The van der Waals surface area contributed by atoms with E-state index in [0.29, 0.717) is 34.1 Å². The quantitative estimate of drug-likeness (QED) is 0.720. The van der Waals surface area contributed by atoms with E-state index < -0.39 is 0 Å². The summed E-state index contributed by atoms with van der Waals surface area (Å²) in [5, 5.41) is 11.3. The van der Waals surface area contributed by atoms with Crippen LogP contribution in [-0.4, -0.2) is 42.1 Å². The number of nitrogens with zero attached hydrogens (tertiary/aromatic N) is 2. The second-order valence-electron chi connectivity index (χ2n) is 5.86. The first kappa shape index (κ1) is 19.1. The van der Waals surface area contributed by atoms with Crippen LogP contribution in [0.4, 0.5) is 0 Å². The number of amides is 1. The first-order valence-electron chi connectivity index (χ1n) is 7.92. The summed E-state index contributed by atoms with van der Waals surface area (Å²) >= 11 is 1.20. The molecule has 0 saturated carbocycles. The van der Waals surface area contributed by atoms with E-state index in [0.717, 1.165) is 0 Å². The highest BCUT2D eigenvalue weighted by atomic mass is 32.2. The number of aromatic nitrogens is 2. The van der Waals surface area contributed by atoms with Gasteiger partial charge in [0.25, 0.3) is 5.22 Å². The highest BCUT2D eigenvalue weighted by Crippen LogP contribution is 2.30. The molecule has 8 heteroatoms. The third-order valence-corrected chi connectivity index (χ3v) is 4.54. The van der Waals surface area contributed by atoms with Crippen molar-refractivity contribution in [1.82, 2.24) is 15.5 Å². The molecule has 0 aliphatic heterocycles. The molecule has 1 aromatic carbocycles. The molecular weight excluding hydrogens is 342 g/mol. The van der Waals surface area contributed by atoms with Gasteiger partial charge in [0.15, 0.2) is 0 Å². The molecule has 0 aliphatic rings. The Morgan fingerprint density at radius 3 is 2.36 bits per heavy atom. The minimum absolute atomic E-state index is 0.0611. The van der Waals surface area contributed by atoms with Crippen molar-refractivity contribution < 1.29 is 18.7 Å². The highest BCUT2D eigenvalue weighted by molar-refractivity contribution is 7.99. The second kappa shape index (κ2) is 8.75. The molecule has 1 N–H and O–H groups in total. The van der Waals surface area contributed by atoms with Crippen LogP contribution in [0.1, 0.15) is 20.8 Å². The predicted octanol–water partition coefficient (Wildman–Crippen LogP) is 3.01. The summed E-state index contributed by atoms with van der Waals surface area (Å²) in [6.07, 6.45) is 0. The van der Waals surface area contributed by atoms with E-state index in [1.807, 2.05) is 6.92 Å². The van der Waals surface area contributed by atoms with Crippen molar-refractivity contribution in [2.45, 2.75) is 32.0 Å². The monoisotopic (exact) mass is 365 g/mol. The number of hydrogen-bond acceptors (Lipinski definition) is 7. The molecule has 0 radical (unpaired) electrons. The smallest absolute Gasteiger partial charge is 0.277 e. The topological polar surface area (TPSA) is 86.5 Å². The van der Waals surface area contributed by atoms with Crippen molar-refractivity contribution in [3.8, 4) is 23.0 Å². The molecule has 0 fully saturated rings. The summed E-state index contributed by atoms with van der Waals surface area (Å²) in [5.41, 5.74) is 0.688. The molecule has 1 aromatic heterocycles. The van der Waals surface area contributed by atoms with Crippen molar-refractivity contribution in [2.75, 3.05) is 20.0 Å². The van der Waals surface area contributed by atoms with Crippen LogP contribution in [-0.2, 0) is 4.79 Å². The van der Waals surface area contributed by atoms with Gasteiger partial charge in [0.05, 0.1) is 20.0 Å². The van der Waals surface area contributed by atoms with Gasteiger partial charge in [-0.2, -0.15) is 0 Å². The number of thioether (sulfide) groups is 1. The Hall–Kier alpha value is -2.22. The van der Waals surface area contributed by atoms with Crippen molar-refractivity contribution in [2.24, 2.45) is 5.92 Å². The molecule has 0 aliphatic carbocycles. The van der Waals surface area contributed by atoms with Crippen LogP contribution in [0, 0.1) is 5.92 Å². The predicted molar refractivity (Wildman–Crippen MR) is 96.0 cm³/mol. The van der Waals surface area contributed by atoms with Crippen molar-refractivity contribution in [1.29, 1.82) is 0 Å². The Bertz CT molecular complexity index is 695. The summed E-state index contributed by atoms with van der Waals surface area (Å²) in [4.78, 5) is 11.9. The summed E-state index contributed by atoms with van der Waals surface area (Å²) in [5.74, 6) is 2.14. The summed E-state index contributed by atoms with van der Waals surface area (Å²) in [7, 11) is 3.15. The molecule has 1 amide bonds. The first-order chi connectivity index (χ1) is 11.9. The van der Waals surface area contributed by atoms with Gasteiger partial charge in [-0.25, -0.2) is 0 Å². The van der Waals surface area contributed by atoms with E-state index in [-0.39, 0.29) is 17.7 Å². The van der Waals surface area contributed by atoms with Gasteiger partial charge in [0.1, 0.15) is 11.5 Å². The van der Waals surface area contributed by atoms with Crippen molar-refractivity contribution in [3.63, 3.8) is 0 Å². The number of ether oxygens (including phenoxy) is 2. The maximum absolute atomic E-state index is 11.9. The average Bonchev–Trinajstić information content (AvgIpc) is 3.08. The van der Waals surface area contributed by atoms with Crippen LogP contribution in [0.3, 0.4) is 0 Å². The number of nitrogens with one attached hydrogen (secondary N) is 1. The van der Waals surface area contributed by atoms with Gasteiger partial charge in [-0.15, -0.1) is 10.2 Å². The number of benzene rings is 1. The molecule has 2 aromatic rings. The first-order valence-corrected chi connectivity index (χ1v) is 8.90. The lowest BCUT2D eigenvalue weighted by atomic mass is 10.1. The van der Waals surface area contributed by atoms with Gasteiger partial charge in [-0.1, -0.05) is 25.6 Å². The molecule has 2 rings (SSSR count). The third kappa shape index (κ3) is 5.38. The molecule has 1 heterocycles. The average molecular weight is 365 g/mol. The Kier molecular flexibility index (Phi) is 6.69. The fourth-order valence-corrected chi connectivity index (χ4v) is 2.48. The zero-order chi connectivity index (χ0) is 18.4. The van der Waals surface area contributed by atoms with Crippen LogP contribution in [0.15, 0.2) is 27.8 Å². The van der Waals surface area contributed by atoms with Crippen molar-refractivity contribution in [3.05, 3.63) is 18.2 Å². The van der Waals surface area contributed by atoms with Gasteiger partial charge < -0.3 is 19.2 Å². The number of rotatable bonds is 8. The SMILES string of the molecule is COc1cc(OC)cc(-c2nnc(SCC(=O)N[C@H](C)C(C)C)o2)c1. The molecular formula is C17H23N3O4S. The van der Waals surface area contributed by atoms with E-state index in [4.69, 9.17) is 13.9 Å². The number of carbonyl (C=O) groups is 1. The molecule has 0 spiro atoms. The minimum atomic E-state index is -0.0611. The van der Waals surface area contributed by atoms with Gasteiger partial charge in [-0.3, -0.25) is 4.79 Å². The maximum Gasteiger partial charge on any atom is 0.277 e. The van der Waals surface area contributed by atoms with Gasteiger partial charge in [0, 0.05) is 17.7 Å². The Morgan fingerprint density at radius 1 is 1.16 bits per heavy atom. The van der Waals surface area contributed by atoms with E-state index >= 15 is 0 Å². The molecule has 7 nitrogen and oxygen atoms in total. The zero-order valence-corrected chi connectivity index (χ0v) is 15.8. The van der Waals surface area contributed by atoms with E-state index in [1.54, 1.807) is 32.4 Å². The van der Waals surface area contributed by atoms with E-state index in [1.165, 1.54) is 11.8 Å². The van der Waals surface area contributed by atoms with Crippen LogP contribution < -0.4 is 14.8 Å². The van der Waals surface area contributed by atoms with Gasteiger partial charge in [-0.05, 0) is 25.0 Å². The van der Waals surface area contributed by atoms with Crippen LogP contribution in [0.5, 0.6) is 11.5 Å². The lowest BCUT2D eigenvalue weighted by Gasteiger charge is -2.16. The van der Waals surface area contributed by atoms with Gasteiger partial charge >= 0.3 is 0 Å². The van der Waals surface area contributed by atoms with Crippen LogP contribution in [0.2, 0.25) is 0 Å². The molecule has 0 saturated heterocycles. The second-order valence-corrected chi connectivity index (χ2v) is 6.79. The van der Waals surface area contributed by atoms with Crippen LogP contribution >= 0.6 is 11.8 Å².